The second-order valence-corrected chi connectivity index (χ2v) is 8.54. The van der Waals surface area contributed by atoms with Crippen LogP contribution in [0.1, 0.15) is 21.1 Å². The van der Waals surface area contributed by atoms with Gasteiger partial charge in [-0.1, -0.05) is 24.3 Å². The molecule has 0 unspecified atom stereocenters. The molecule has 8 nitrogen and oxygen atoms in total. The third-order valence-corrected chi connectivity index (χ3v) is 6.35. The first-order valence-corrected chi connectivity index (χ1v) is 11.1. The predicted molar refractivity (Wildman–Crippen MR) is 122 cm³/mol. The van der Waals surface area contributed by atoms with Crippen molar-refractivity contribution in [2.75, 3.05) is 10.6 Å². The van der Waals surface area contributed by atoms with Crippen molar-refractivity contribution in [3.63, 3.8) is 0 Å². The van der Waals surface area contributed by atoms with Crippen LogP contribution in [-0.2, 0) is 18.3 Å². The minimum atomic E-state index is -0.354. The van der Waals surface area contributed by atoms with Crippen molar-refractivity contribution >= 4 is 45.3 Å². The van der Waals surface area contributed by atoms with E-state index in [2.05, 4.69) is 15.6 Å². The van der Waals surface area contributed by atoms with Gasteiger partial charge < -0.3 is 5.32 Å². The monoisotopic (exact) mass is 453 g/mol. The zero-order chi connectivity index (χ0) is 22.0. The zero-order valence-electron chi connectivity index (χ0n) is 16.8. The third kappa shape index (κ3) is 4.35. The summed E-state index contributed by atoms with van der Waals surface area (Å²) < 4.78 is 3.21. The van der Waals surface area contributed by atoms with Gasteiger partial charge in [-0.2, -0.15) is 0 Å². The van der Waals surface area contributed by atoms with E-state index in [0.29, 0.717) is 27.1 Å². The number of amides is 2. The molecule has 1 aromatic carbocycles. The van der Waals surface area contributed by atoms with Crippen LogP contribution in [0, 0.1) is 6.92 Å². The van der Waals surface area contributed by atoms with E-state index < -0.39 is 0 Å². The van der Waals surface area contributed by atoms with Crippen LogP contribution in [0.15, 0.2) is 58.0 Å². The number of para-hydroxylation sites is 1. The van der Waals surface area contributed by atoms with Crippen molar-refractivity contribution in [3.8, 4) is 5.69 Å². The summed E-state index contributed by atoms with van der Waals surface area (Å²) >= 11 is 2.59. The Morgan fingerprint density at radius 3 is 2.55 bits per heavy atom. The Hall–Kier alpha value is -3.50. The Labute approximate surface area is 185 Å². The van der Waals surface area contributed by atoms with Gasteiger partial charge >= 0.3 is 0 Å². The van der Waals surface area contributed by atoms with E-state index in [1.54, 1.807) is 36.2 Å². The number of carbonyl (C=O) groups is 2. The normalized spacial score (nSPS) is 10.8. The molecule has 0 aliphatic heterocycles. The molecule has 4 rings (SSSR count). The molecule has 2 amide bonds. The second-order valence-electron chi connectivity index (χ2n) is 6.74. The molecule has 0 aliphatic carbocycles. The number of carbonyl (C=O) groups excluding carboxylic acids is 2. The number of aromatic nitrogens is 3. The van der Waals surface area contributed by atoms with Gasteiger partial charge in [0, 0.05) is 12.4 Å². The molecule has 0 atom stereocenters. The molecule has 0 saturated heterocycles. The highest BCUT2D eigenvalue weighted by atomic mass is 32.1. The molecule has 10 heteroatoms. The lowest BCUT2D eigenvalue weighted by atomic mass is 10.3. The average Bonchev–Trinajstić information content (AvgIpc) is 3.48. The number of thiophene rings is 1. The number of hydrogen-bond donors (Lipinski definition) is 2. The number of anilines is 2. The van der Waals surface area contributed by atoms with Gasteiger partial charge in [0.1, 0.15) is 5.69 Å². The fourth-order valence-electron chi connectivity index (χ4n) is 3.07. The first-order valence-electron chi connectivity index (χ1n) is 9.37. The van der Waals surface area contributed by atoms with Crippen LogP contribution in [0.25, 0.3) is 5.69 Å². The molecule has 0 saturated carbocycles. The summed E-state index contributed by atoms with van der Waals surface area (Å²) in [6, 6.07) is 12.7. The van der Waals surface area contributed by atoms with Crippen molar-refractivity contribution < 1.29 is 9.59 Å². The topological polar surface area (TPSA) is 98.0 Å². The van der Waals surface area contributed by atoms with Gasteiger partial charge in [-0.25, -0.2) is 9.67 Å². The molecule has 31 heavy (non-hydrogen) atoms. The second kappa shape index (κ2) is 8.70. The van der Waals surface area contributed by atoms with Crippen LogP contribution >= 0.6 is 22.7 Å². The predicted octanol–water partition coefficient (Wildman–Crippen LogP) is 3.44. The molecule has 3 aromatic heterocycles. The molecule has 0 fully saturated rings. The van der Waals surface area contributed by atoms with Crippen LogP contribution in [0.5, 0.6) is 0 Å². The van der Waals surface area contributed by atoms with E-state index in [4.69, 9.17) is 0 Å². The molecule has 4 aromatic rings. The van der Waals surface area contributed by atoms with Crippen molar-refractivity contribution in [2.24, 2.45) is 7.05 Å². The molecule has 158 valence electrons. The number of thiazole rings is 1. The highest BCUT2D eigenvalue weighted by Crippen LogP contribution is 2.19. The van der Waals surface area contributed by atoms with Crippen LogP contribution in [0.3, 0.4) is 0 Å². The highest BCUT2D eigenvalue weighted by Gasteiger charge is 2.19. The summed E-state index contributed by atoms with van der Waals surface area (Å²) in [6.45, 7) is 1.78. The molecule has 0 spiro atoms. The summed E-state index contributed by atoms with van der Waals surface area (Å²) in [5.41, 5.74) is 1.80. The number of nitrogens with zero attached hydrogens (tertiary/aromatic N) is 3. The summed E-state index contributed by atoms with van der Waals surface area (Å²) in [4.78, 5) is 42.5. The van der Waals surface area contributed by atoms with Gasteiger partial charge in [0.2, 0.25) is 5.91 Å². The number of nitrogens with one attached hydrogen (secondary N) is 2. The maximum absolute atomic E-state index is 12.9. The van der Waals surface area contributed by atoms with Gasteiger partial charge in [-0.15, -0.1) is 22.7 Å². The van der Waals surface area contributed by atoms with Crippen molar-refractivity contribution in [2.45, 2.75) is 13.3 Å². The fourth-order valence-corrected chi connectivity index (χ4v) is 4.40. The lowest BCUT2D eigenvalue weighted by molar-refractivity contribution is -0.115. The summed E-state index contributed by atoms with van der Waals surface area (Å²) in [5, 5.41) is 9.40. The quantitative estimate of drug-likeness (QED) is 0.467. The van der Waals surface area contributed by atoms with Crippen LogP contribution in [-0.4, -0.2) is 26.2 Å². The lowest BCUT2D eigenvalue weighted by Gasteiger charge is -2.07. The Kier molecular flexibility index (Phi) is 5.83. The number of hydrogen-bond acceptors (Lipinski definition) is 6. The highest BCUT2D eigenvalue weighted by molar-refractivity contribution is 7.14. The Morgan fingerprint density at radius 1 is 1.06 bits per heavy atom. The van der Waals surface area contributed by atoms with E-state index in [9.17, 15) is 14.4 Å². The minimum Gasteiger partial charge on any atom is -0.320 e. The van der Waals surface area contributed by atoms with Crippen LogP contribution < -0.4 is 16.2 Å². The standard InChI is InChI=1S/C21H19N5O3S2/c1-13-18(20(29)26(25(13)2)15-7-4-3-5-8-15)23-17(27)11-14-12-31-21(22-14)24-19(28)16-9-6-10-30-16/h3-10,12H,11H2,1-2H3,(H,23,27)(H,22,24,28). The fraction of sp³-hybridized carbons (Fsp3) is 0.143. The molecule has 3 heterocycles. The van der Waals surface area contributed by atoms with Crippen molar-refractivity contribution in [3.05, 3.63) is 79.8 Å². The molecular weight excluding hydrogens is 434 g/mol. The van der Waals surface area contributed by atoms with Crippen LogP contribution in [0.4, 0.5) is 10.8 Å². The molecule has 2 N–H and O–H groups in total. The van der Waals surface area contributed by atoms with E-state index >= 15 is 0 Å². The Bertz CT molecular complexity index is 1290. The Balaban J connectivity index is 1.46. The molecular formula is C21H19N5O3S2. The summed E-state index contributed by atoms with van der Waals surface area (Å²) in [5.74, 6) is -0.589. The maximum atomic E-state index is 12.9. The van der Waals surface area contributed by atoms with E-state index in [0.717, 1.165) is 0 Å². The van der Waals surface area contributed by atoms with Gasteiger partial charge in [0.15, 0.2) is 5.13 Å². The van der Waals surface area contributed by atoms with Gasteiger partial charge in [-0.3, -0.25) is 24.4 Å². The van der Waals surface area contributed by atoms with Gasteiger partial charge in [0.25, 0.3) is 11.5 Å². The SMILES string of the molecule is Cc1c(NC(=O)Cc2csc(NC(=O)c3cccs3)n2)c(=O)n(-c2ccccc2)n1C. The molecule has 0 aliphatic rings. The number of rotatable bonds is 6. The maximum Gasteiger partial charge on any atom is 0.295 e. The Morgan fingerprint density at radius 2 is 1.84 bits per heavy atom. The van der Waals surface area contributed by atoms with Crippen LogP contribution in [0.2, 0.25) is 0 Å². The van der Waals surface area contributed by atoms with E-state index in [1.165, 1.54) is 27.4 Å². The average molecular weight is 454 g/mol. The van der Waals surface area contributed by atoms with Gasteiger partial charge in [-0.05, 0) is 30.5 Å². The first-order chi connectivity index (χ1) is 14.9. The smallest absolute Gasteiger partial charge is 0.295 e. The zero-order valence-corrected chi connectivity index (χ0v) is 18.4. The third-order valence-electron chi connectivity index (χ3n) is 4.68. The van der Waals surface area contributed by atoms with Crippen molar-refractivity contribution in [1.82, 2.24) is 14.3 Å². The molecule has 0 radical (unpaired) electrons. The largest absolute Gasteiger partial charge is 0.320 e. The minimum absolute atomic E-state index is 0.00944. The summed E-state index contributed by atoms with van der Waals surface area (Å²) in [7, 11) is 1.77. The number of benzene rings is 1. The van der Waals surface area contributed by atoms with Gasteiger partial charge in [0.05, 0.1) is 28.4 Å². The van der Waals surface area contributed by atoms with E-state index in [1.807, 2.05) is 35.7 Å². The first kappa shape index (κ1) is 20.8. The lowest BCUT2D eigenvalue weighted by Crippen LogP contribution is -2.23. The molecule has 0 bridgehead atoms. The van der Waals surface area contributed by atoms with Crippen molar-refractivity contribution in [1.29, 1.82) is 0 Å². The summed E-state index contributed by atoms with van der Waals surface area (Å²) in [6.07, 6.45) is -0.00944. The van der Waals surface area contributed by atoms with E-state index in [-0.39, 0.29) is 29.5 Å².